The van der Waals surface area contributed by atoms with Crippen LogP contribution in [-0.4, -0.2) is 22.4 Å². The van der Waals surface area contributed by atoms with E-state index in [2.05, 4.69) is 35.0 Å². The molecular formula is C16H27N3. The summed E-state index contributed by atoms with van der Waals surface area (Å²) in [4.78, 5) is 0. The van der Waals surface area contributed by atoms with Crippen molar-refractivity contribution >= 4 is 0 Å². The van der Waals surface area contributed by atoms with E-state index < -0.39 is 0 Å². The Morgan fingerprint density at radius 2 is 2.11 bits per heavy atom. The van der Waals surface area contributed by atoms with E-state index in [0.717, 1.165) is 12.6 Å². The normalized spacial score (nSPS) is 22.0. The Bertz CT molecular complexity index is 425. The molecule has 1 aromatic rings. The van der Waals surface area contributed by atoms with Gasteiger partial charge in [-0.1, -0.05) is 12.8 Å². The fourth-order valence-electron chi connectivity index (χ4n) is 3.59. The van der Waals surface area contributed by atoms with E-state index in [0.29, 0.717) is 5.41 Å². The molecule has 0 aromatic carbocycles. The number of aromatic nitrogens is 2. The maximum absolute atomic E-state index is 4.61. The molecule has 2 aliphatic rings. The second-order valence-corrected chi connectivity index (χ2v) is 6.63. The average Bonchev–Trinajstić information content (AvgIpc) is 3.02. The first-order chi connectivity index (χ1) is 9.21. The van der Waals surface area contributed by atoms with Gasteiger partial charge in [-0.15, -0.1) is 0 Å². The highest BCUT2D eigenvalue weighted by molar-refractivity contribution is 5.12. The maximum Gasteiger partial charge on any atom is 0.0596 e. The highest BCUT2D eigenvalue weighted by Gasteiger charge is 2.36. The summed E-state index contributed by atoms with van der Waals surface area (Å²) in [5.74, 6) is 0. The molecule has 0 bridgehead atoms. The van der Waals surface area contributed by atoms with Crippen LogP contribution in [0, 0.1) is 12.3 Å². The fourth-order valence-corrected chi connectivity index (χ4v) is 3.59. The first-order valence-electron chi connectivity index (χ1n) is 7.97. The standard InChI is InChI=1S/C16H27N3/c1-3-19-15(10-13(2)18-19)11-16(8-4-5-9-16)12-17-14-6-7-14/h10,14,17H,3-9,11-12H2,1-2H3. The summed E-state index contributed by atoms with van der Waals surface area (Å²) in [6, 6.07) is 3.12. The van der Waals surface area contributed by atoms with Crippen LogP contribution in [0.15, 0.2) is 6.07 Å². The molecule has 0 unspecified atom stereocenters. The van der Waals surface area contributed by atoms with Gasteiger partial charge in [0.05, 0.1) is 5.69 Å². The Hall–Kier alpha value is -0.830. The first-order valence-corrected chi connectivity index (χ1v) is 7.97. The van der Waals surface area contributed by atoms with Gasteiger partial charge in [0, 0.05) is 24.8 Å². The number of aryl methyl sites for hydroxylation is 2. The summed E-state index contributed by atoms with van der Waals surface area (Å²) in [6.45, 7) is 6.51. The van der Waals surface area contributed by atoms with E-state index in [1.165, 1.54) is 62.9 Å². The number of rotatable bonds is 6. The van der Waals surface area contributed by atoms with Gasteiger partial charge in [0.15, 0.2) is 0 Å². The van der Waals surface area contributed by atoms with Crippen LogP contribution in [0.4, 0.5) is 0 Å². The fraction of sp³-hybridized carbons (Fsp3) is 0.812. The molecule has 2 saturated carbocycles. The zero-order chi connectivity index (χ0) is 13.3. The van der Waals surface area contributed by atoms with E-state index in [9.17, 15) is 0 Å². The topological polar surface area (TPSA) is 29.9 Å². The van der Waals surface area contributed by atoms with Crippen molar-refractivity contribution < 1.29 is 0 Å². The molecule has 106 valence electrons. The van der Waals surface area contributed by atoms with Crippen LogP contribution in [0.3, 0.4) is 0 Å². The molecule has 1 N–H and O–H groups in total. The molecule has 0 aliphatic heterocycles. The maximum atomic E-state index is 4.61. The Labute approximate surface area is 116 Å². The minimum atomic E-state index is 0.502. The van der Waals surface area contributed by atoms with Gasteiger partial charge in [0.1, 0.15) is 0 Å². The number of nitrogens with one attached hydrogen (secondary N) is 1. The van der Waals surface area contributed by atoms with Crippen molar-refractivity contribution in [2.75, 3.05) is 6.54 Å². The van der Waals surface area contributed by atoms with Crippen LogP contribution in [0.5, 0.6) is 0 Å². The van der Waals surface area contributed by atoms with Crippen molar-refractivity contribution in [1.82, 2.24) is 15.1 Å². The van der Waals surface area contributed by atoms with Gasteiger partial charge in [0.2, 0.25) is 0 Å². The van der Waals surface area contributed by atoms with Gasteiger partial charge in [0.25, 0.3) is 0 Å². The van der Waals surface area contributed by atoms with E-state index in [1.54, 1.807) is 0 Å². The van der Waals surface area contributed by atoms with Gasteiger partial charge in [-0.2, -0.15) is 5.10 Å². The average molecular weight is 261 g/mol. The van der Waals surface area contributed by atoms with E-state index in [1.807, 2.05) is 0 Å². The summed E-state index contributed by atoms with van der Waals surface area (Å²) >= 11 is 0. The lowest BCUT2D eigenvalue weighted by molar-refractivity contribution is 0.269. The highest BCUT2D eigenvalue weighted by atomic mass is 15.3. The zero-order valence-corrected chi connectivity index (χ0v) is 12.4. The predicted molar refractivity (Wildman–Crippen MR) is 78.3 cm³/mol. The first kappa shape index (κ1) is 13.2. The molecular weight excluding hydrogens is 234 g/mol. The van der Waals surface area contributed by atoms with E-state index >= 15 is 0 Å². The number of hydrogen-bond donors (Lipinski definition) is 1. The Balaban J connectivity index is 1.72. The molecule has 0 amide bonds. The van der Waals surface area contributed by atoms with Gasteiger partial charge < -0.3 is 5.32 Å². The lowest BCUT2D eigenvalue weighted by atomic mass is 9.81. The summed E-state index contributed by atoms with van der Waals surface area (Å²) in [5, 5.41) is 8.38. The highest BCUT2D eigenvalue weighted by Crippen LogP contribution is 2.41. The van der Waals surface area contributed by atoms with Crippen molar-refractivity contribution in [2.45, 2.75) is 71.4 Å². The molecule has 19 heavy (non-hydrogen) atoms. The van der Waals surface area contributed by atoms with Crippen LogP contribution >= 0.6 is 0 Å². The molecule has 0 spiro atoms. The van der Waals surface area contributed by atoms with Gasteiger partial charge >= 0.3 is 0 Å². The number of hydrogen-bond acceptors (Lipinski definition) is 2. The van der Waals surface area contributed by atoms with Gasteiger partial charge in [-0.05, 0) is 57.4 Å². The van der Waals surface area contributed by atoms with Crippen LogP contribution in [0.25, 0.3) is 0 Å². The molecule has 3 rings (SSSR count). The molecule has 0 radical (unpaired) electrons. The monoisotopic (exact) mass is 261 g/mol. The molecule has 3 nitrogen and oxygen atoms in total. The summed E-state index contributed by atoms with van der Waals surface area (Å²) in [6.07, 6.45) is 9.59. The minimum absolute atomic E-state index is 0.502. The largest absolute Gasteiger partial charge is 0.313 e. The van der Waals surface area contributed by atoms with Crippen molar-refractivity contribution in [3.63, 3.8) is 0 Å². The second-order valence-electron chi connectivity index (χ2n) is 6.63. The Morgan fingerprint density at radius 1 is 1.37 bits per heavy atom. The van der Waals surface area contributed by atoms with Crippen LogP contribution < -0.4 is 5.32 Å². The van der Waals surface area contributed by atoms with Gasteiger partial charge in [-0.25, -0.2) is 0 Å². The van der Waals surface area contributed by atoms with Gasteiger partial charge in [-0.3, -0.25) is 4.68 Å². The van der Waals surface area contributed by atoms with E-state index in [4.69, 9.17) is 0 Å². The molecule has 1 aromatic heterocycles. The quantitative estimate of drug-likeness (QED) is 0.853. The third-order valence-electron chi connectivity index (χ3n) is 4.85. The lowest BCUT2D eigenvalue weighted by Gasteiger charge is -2.29. The minimum Gasteiger partial charge on any atom is -0.313 e. The van der Waals surface area contributed by atoms with Crippen molar-refractivity contribution in [3.05, 3.63) is 17.5 Å². The SMILES string of the molecule is CCn1nc(C)cc1CC1(CNC2CC2)CCCC1. The van der Waals surface area contributed by atoms with Crippen LogP contribution in [0.1, 0.15) is 56.8 Å². The molecule has 0 saturated heterocycles. The second kappa shape index (κ2) is 5.28. The molecule has 1 heterocycles. The smallest absolute Gasteiger partial charge is 0.0596 e. The van der Waals surface area contributed by atoms with Crippen molar-refractivity contribution in [2.24, 2.45) is 5.41 Å². The number of nitrogens with zero attached hydrogens (tertiary/aromatic N) is 2. The predicted octanol–water partition coefficient (Wildman–Crippen LogP) is 3.07. The van der Waals surface area contributed by atoms with Crippen LogP contribution in [-0.2, 0) is 13.0 Å². The third-order valence-corrected chi connectivity index (χ3v) is 4.85. The van der Waals surface area contributed by atoms with E-state index in [-0.39, 0.29) is 0 Å². The lowest BCUT2D eigenvalue weighted by Crippen LogP contribution is -2.35. The van der Waals surface area contributed by atoms with Crippen molar-refractivity contribution in [3.8, 4) is 0 Å². The molecule has 2 fully saturated rings. The Morgan fingerprint density at radius 3 is 2.74 bits per heavy atom. The summed E-state index contributed by atoms with van der Waals surface area (Å²) < 4.78 is 2.20. The molecule has 0 atom stereocenters. The van der Waals surface area contributed by atoms with Crippen molar-refractivity contribution in [1.29, 1.82) is 0 Å². The summed E-state index contributed by atoms with van der Waals surface area (Å²) in [7, 11) is 0. The Kier molecular flexibility index (Phi) is 3.66. The zero-order valence-electron chi connectivity index (χ0n) is 12.4. The van der Waals surface area contributed by atoms with Crippen LogP contribution in [0.2, 0.25) is 0 Å². The molecule has 2 aliphatic carbocycles. The third kappa shape index (κ3) is 3.02. The molecule has 3 heteroatoms. The summed E-state index contributed by atoms with van der Waals surface area (Å²) in [5.41, 5.74) is 3.11.